The van der Waals surface area contributed by atoms with E-state index in [9.17, 15) is 9.59 Å². The summed E-state index contributed by atoms with van der Waals surface area (Å²) in [6.45, 7) is 23.0. The lowest BCUT2D eigenvalue weighted by Gasteiger charge is -2.35. The van der Waals surface area contributed by atoms with Crippen LogP contribution in [0.4, 0.5) is 0 Å². The van der Waals surface area contributed by atoms with Crippen LogP contribution in [-0.2, 0) is 9.59 Å². The standard InChI is InChI=1S/C30H36N6O4.C26H28ClN5O4.C24H27N5O3/c1-21-15-22-16-23(5-6-25(22)33-21)40-30-24-17-27(38-2)28(18-26(24)31-20-32-30)39-14-13-34-9-11-36(12-10-34)29(37)19-35-7-3-4-8-35;1-17-11-18-12-19(3-4-21(18)30-17)36-26-20-13-23(34-2)24(14-22(20)28-16-29-26)35-10-9-31-5-7-32(8-6-31)25(33)15-27;1-16-11-17-12-18(3-4-20(17)28-16)32-24-19-13-22(30-2)23(14-21(19)26-15-27-24)31-10-9-29-7-5-25-6-8-29/h5-6,15-18,20,33H,3-4,7-14,19H2,1-2H3;3-4,11-14,16,30H,5-10,15H2,1-2H3;3-4,11-15,25,28H,5-10H2,1-2H3. The van der Waals surface area contributed by atoms with Crippen LogP contribution in [0.2, 0.25) is 0 Å². The molecule has 0 aliphatic carbocycles. The molecule has 2 amide bonds. The summed E-state index contributed by atoms with van der Waals surface area (Å²) in [6, 6.07) is 35.2. The first-order valence-corrected chi connectivity index (χ1v) is 37.2. The highest BCUT2D eigenvalue weighted by molar-refractivity contribution is 6.27. The van der Waals surface area contributed by atoms with Crippen LogP contribution in [0.1, 0.15) is 29.9 Å². The molecule has 0 unspecified atom stereocenters. The summed E-state index contributed by atoms with van der Waals surface area (Å²) in [7, 11) is 4.86. The van der Waals surface area contributed by atoms with E-state index in [2.05, 4.69) is 88.0 Å². The number of hydrogen-bond acceptors (Lipinski definition) is 22. The number of benzene rings is 6. The summed E-state index contributed by atoms with van der Waals surface area (Å²) in [5.74, 6) is 7.47. The number of likely N-dealkylation sites (tertiary alicyclic amines) is 1. The molecule has 28 heteroatoms. The fourth-order valence-electron chi connectivity index (χ4n) is 14.0. The molecule has 564 valence electrons. The molecule has 4 aliphatic heterocycles. The van der Waals surface area contributed by atoms with Crippen LogP contribution < -0.4 is 47.9 Å². The number of piperazine rings is 3. The van der Waals surface area contributed by atoms with Gasteiger partial charge < -0.3 is 72.7 Å². The predicted octanol–water partition coefficient (Wildman–Crippen LogP) is 11.3. The number of H-pyrrole nitrogens is 3. The molecule has 4 saturated heterocycles. The number of carbonyl (C=O) groups excluding carboxylic acids is 2. The lowest BCUT2D eigenvalue weighted by Crippen LogP contribution is -2.51. The van der Waals surface area contributed by atoms with E-state index in [-0.39, 0.29) is 17.7 Å². The Hall–Kier alpha value is -10.8. The molecule has 6 aromatic heterocycles. The Morgan fingerprint density at radius 2 is 0.750 bits per heavy atom. The van der Waals surface area contributed by atoms with Crippen molar-refractivity contribution >= 4 is 88.8 Å². The first-order chi connectivity index (χ1) is 52.8. The topological polar surface area (TPSA) is 273 Å². The van der Waals surface area contributed by atoms with Crippen molar-refractivity contribution in [2.75, 3.05) is 165 Å². The highest BCUT2D eigenvalue weighted by Gasteiger charge is 2.26. The third-order valence-electron chi connectivity index (χ3n) is 19.8. The number of halogens is 1. The maximum Gasteiger partial charge on any atom is 0.237 e. The number of nitrogens with one attached hydrogen (secondary N) is 4. The first kappa shape index (κ1) is 74.1. The zero-order chi connectivity index (χ0) is 74.5. The number of carbonyl (C=O) groups is 2. The van der Waals surface area contributed by atoms with Gasteiger partial charge in [-0.3, -0.25) is 29.2 Å². The number of aromatic amines is 3. The highest BCUT2D eigenvalue weighted by Crippen LogP contribution is 2.40. The molecule has 6 aromatic carbocycles. The van der Waals surface area contributed by atoms with Crippen LogP contribution in [0.15, 0.2) is 128 Å². The fourth-order valence-corrected chi connectivity index (χ4v) is 14.2. The van der Waals surface area contributed by atoms with Crippen LogP contribution in [0.25, 0.3) is 65.4 Å². The van der Waals surface area contributed by atoms with Gasteiger partial charge in [0, 0.05) is 166 Å². The van der Waals surface area contributed by atoms with Crippen molar-refractivity contribution in [3.63, 3.8) is 0 Å². The molecular formula is C80H91ClN16O11. The van der Waals surface area contributed by atoms with Gasteiger partial charge in [0.1, 0.15) is 61.9 Å². The zero-order valence-electron chi connectivity index (χ0n) is 61.8. The van der Waals surface area contributed by atoms with Gasteiger partial charge >= 0.3 is 0 Å². The number of alkyl halides is 1. The largest absolute Gasteiger partial charge is 0.493 e. The lowest BCUT2D eigenvalue weighted by molar-refractivity contribution is -0.134. The average molecular weight is 1490 g/mol. The second-order valence-electron chi connectivity index (χ2n) is 27.2. The van der Waals surface area contributed by atoms with E-state index in [0.29, 0.717) is 120 Å². The Morgan fingerprint density at radius 1 is 0.398 bits per heavy atom. The highest BCUT2D eigenvalue weighted by atomic mass is 35.5. The van der Waals surface area contributed by atoms with Gasteiger partial charge in [-0.1, -0.05) is 0 Å². The smallest absolute Gasteiger partial charge is 0.237 e. The molecule has 12 aromatic rings. The molecule has 0 spiro atoms. The normalized spacial score (nSPS) is 15.3. The molecule has 0 bridgehead atoms. The number of aryl methyl sites for hydroxylation is 3. The van der Waals surface area contributed by atoms with Crippen molar-refractivity contribution < 1.29 is 52.2 Å². The van der Waals surface area contributed by atoms with Gasteiger partial charge in [0.05, 0.1) is 60.6 Å². The second kappa shape index (κ2) is 34.8. The molecule has 108 heavy (non-hydrogen) atoms. The zero-order valence-corrected chi connectivity index (χ0v) is 62.6. The quantitative estimate of drug-likeness (QED) is 0.0409. The molecular weight excluding hydrogens is 1400 g/mol. The van der Waals surface area contributed by atoms with Crippen molar-refractivity contribution in [1.82, 2.24) is 79.6 Å². The number of fused-ring (bicyclic) bond motifs is 6. The minimum atomic E-state index is -0.0149. The Labute approximate surface area is 630 Å². The minimum absolute atomic E-state index is 0.0149. The maximum atomic E-state index is 12.6. The number of hydrogen-bond donors (Lipinski definition) is 4. The summed E-state index contributed by atoms with van der Waals surface area (Å²) >= 11 is 5.66. The van der Waals surface area contributed by atoms with Gasteiger partial charge in [0.15, 0.2) is 34.5 Å². The van der Waals surface area contributed by atoms with E-state index in [1.807, 2.05) is 117 Å². The summed E-state index contributed by atoms with van der Waals surface area (Å²) in [5.41, 5.74) is 8.65. The summed E-state index contributed by atoms with van der Waals surface area (Å²) in [5, 5.41) is 8.85. The van der Waals surface area contributed by atoms with Crippen LogP contribution in [0.3, 0.4) is 0 Å². The third kappa shape index (κ3) is 18.2. The number of methoxy groups -OCH3 is 3. The summed E-state index contributed by atoms with van der Waals surface area (Å²) in [4.78, 5) is 73.8. The molecule has 4 aliphatic rings. The van der Waals surface area contributed by atoms with Crippen molar-refractivity contribution in [1.29, 1.82) is 0 Å². The van der Waals surface area contributed by atoms with Gasteiger partial charge in [-0.15, -0.1) is 11.6 Å². The van der Waals surface area contributed by atoms with Crippen LogP contribution in [0.5, 0.6) is 69.4 Å². The van der Waals surface area contributed by atoms with Crippen molar-refractivity contribution in [3.05, 3.63) is 145 Å². The Morgan fingerprint density at radius 3 is 1.10 bits per heavy atom. The maximum absolute atomic E-state index is 12.6. The van der Waals surface area contributed by atoms with Gasteiger partial charge in [-0.2, -0.15) is 0 Å². The van der Waals surface area contributed by atoms with Crippen LogP contribution >= 0.6 is 11.6 Å². The van der Waals surface area contributed by atoms with Gasteiger partial charge in [-0.25, -0.2) is 29.9 Å². The minimum Gasteiger partial charge on any atom is -0.493 e. The Kier molecular flexibility index (Phi) is 23.9. The summed E-state index contributed by atoms with van der Waals surface area (Å²) in [6.07, 6.45) is 6.89. The SMILES string of the molecule is COc1cc2c(Oc3ccc4[nH]c(C)cc4c3)ncnc2cc1OCCN1CCN(C(=O)CCl)CC1.COc1cc2c(Oc3ccc4[nH]c(C)cc4c3)ncnc2cc1OCCN1CCN(C(=O)CN2CCCC2)CC1.COc1cc2c(Oc3ccc4[nH]c(C)cc4c3)ncnc2cc1OCCN1CCNCC1. The third-order valence-corrected chi connectivity index (χ3v) is 20.0. The average Bonchev–Trinajstić information content (AvgIpc) is 0.868. The van der Waals surface area contributed by atoms with E-state index >= 15 is 0 Å². The van der Waals surface area contributed by atoms with Gasteiger partial charge in [-0.05, 0) is 138 Å². The fraction of sp³-hybridized carbons (Fsp3) is 0.375. The number of ether oxygens (including phenoxy) is 9. The molecule has 4 N–H and O–H groups in total. The molecule has 4 fully saturated rings. The molecule has 27 nitrogen and oxygen atoms in total. The van der Waals surface area contributed by atoms with E-state index in [4.69, 9.17) is 54.2 Å². The van der Waals surface area contributed by atoms with Crippen LogP contribution in [-0.4, -0.2) is 251 Å². The molecule has 0 atom stereocenters. The molecule has 0 saturated carbocycles. The van der Waals surface area contributed by atoms with Gasteiger partial charge in [0.2, 0.25) is 29.5 Å². The lowest BCUT2D eigenvalue weighted by atomic mass is 10.2. The van der Waals surface area contributed by atoms with Crippen molar-refractivity contribution in [3.8, 4) is 69.4 Å². The van der Waals surface area contributed by atoms with E-state index in [0.717, 1.165) is 170 Å². The van der Waals surface area contributed by atoms with Crippen LogP contribution in [0, 0.1) is 20.8 Å². The Bertz CT molecular complexity index is 5110. The van der Waals surface area contributed by atoms with Crippen molar-refractivity contribution in [2.45, 2.75) is 33.6 Å². The van der Waals surface area contributed by atoms with Crippen molar-refractivity contribution in [2.24, 2.45) is 0 Å². The van der Waals surface area contributed by atoms with E-state index in [1.165, 1.54) is 31.8 Å². The molecule has 16 rings (SSSR count). The number of rotatable bonds is 24. The number of aromatic nitrogens is 9. The predicted molar refractivity (Wildman–Crippen MR) is 416 cm³/mol. The molecule has 10 heterocycles. The Balaban J connectivity index is 0.000000136. The number of amides is 2. The number of nitrogens with zero attached hydrogens (tertiary/aromatic N) is 12. The monoisotopic (exact) mass is 1490 g/mol. The molecule has 0 radical (unpaired) electrons. The summed E-state index contributed by atoms with van der Waals surface area (Å²) < 4.78 is 53.6. The van der Waals surface area contributed by atoms with E-state index in [1.54, 1.807) is 26.2 Å². The van der Waals surface area contributed by atoms with Gasteiger partial charge in [0.25, 0.3) is 0 Å². The first-order valence-electron chi connectivity index (χ1n) is 36.7. The second-order valence-corrected chi connectivity index (χ2v) is 27.5. The van der Waals surface area contributed by atoms with E-state index < -0.39 is 0 Å².